The Hall–Kier alpha value is -5.57. The van der Waals surface area contributed by atoms with Crippen molar-refractivity contribution in [2.24, 2.45) is 10.8 Å². The van der Waals surface area contributed by atoms with E-state index in [9.17, 15) is 32.7 Å². The van der Waals surface area contributed by atoms with Crippen molar-refractivity contribution < 1.29 is 55.7 Å². The van der Waals surface area contributed by atoms with Crippen molar-refractivity contribution in [3.8, 4) is 5.75 Å². The molecule has 17 nitrogen and oxygen atoms in total. The Morgan fingerprint density at radius 3 is 1.90 bits per heavy atom. The normalized spacial score (nSPS) is 11.5. The Kier molecular flexibility index (Phi) is 12.1. The van der Waals surface area contributed by atoms with Crippen molar-refractivity contribution in [2.75, 3.05) is 16.4 Å². The zero-order valence-corrected chi connectivity index (χ0v) is 29.9. The number of primary amides is 1. The minimum atomic E-state index is -4.98. The third kappa shape index (κ3) is 10.7. The summed E-state index contributed by atoms with van der Waals surface area (Å²) in [5.41, 5.74) is 2.70. The van der Waals surface area contributed by atoms with E-state index < -0.39 is 85.8 Å². The summed E-state index contributed by atoms with van der Waals surface area (Å²) in [6.45, 7) is 8.56. The van der Waals surface area contributed by atoms with Gasteiger partial charge in [0.1, 0.15) is 27.6 Å². The Balaban J connectivity index is 2.14. The number of thiazole rings is 1. The zero-order valence-electron chi connectivity index (χ0n) is 28.3. The Labute approximate surface area is 295 Å². The molecule has 1 heterocycles. The van der Waals surface area contributed by atoms with Gasteiger partial charge in [-0.05, 0) is 71.4 Å². The van der Waals surface area contributed by atoms with Crippen LogP contribution in [0.4, 0.5) is 33.9 Å². The summed E-state index contributed by atoms with van der Waals surface area (Å²) >= 11 is 0.644. The highest BCUT2D eigenvalue weighted by Gasteiger charge is 2.34. The van der Waals surface area contributed by atoms with Crippen LogP contribution in [0.3, 0.4) is 0 Å². The number of methoxy groups -OCH3 is 1. The van der Waals surface area contributed by atoms with Crippen LogP contribution in [-0.4, -0.2) is 67.0 Å². The molecule has 0 aliphatic rings. The molecule has 0 aliphatic heterocycles. The van der Waals surface area contributed by atoms with Crippen LogP contribution < -0.4 is 30.4 Å². The number of carbonyl (C=O) groups is 4. The van der Waals surface area contributed by atoms with Crippen LogP contribution in [0.2, 0.25) is 0 Å². The van der Waals surface area contributed by atoms with Crippen molar-refractivity contribution >= 4 is 62.2 Å². The van der Waals surface area contributed by atoms with Crippen molar-refractivity contribution in [1.29, 1.82) is 0 Å². The molecule has 0 atom stereocenters. The molecule has 0 saturated carbocycles. The summed E-state index contributed by atoms with van der Waals surface area (Å²) in [5, 5.41) is 16.8. The number of carboxylic acid groups (broad SMARTS) is 1. The monoisotopic (exact) mass is 755 g/mol. The molecule has 5 N–H and O–H groups in total. The summed E-state index contributed by atoms with van der Waals surface area (Å²) in [4.78, 5) is 52.1. The number of alkyl carbamates (subject to hydrolysis) is 2. The molecule has 276 valence electrons. The van der Waals surface area contributed by atoms with Crippen LogP contribution in [0.5, 0.6) is 5.75 Å². The van der Waals surface area contributed by atoms with Gasteiger partial charge in [0.2, 0.25) is 5.96 Å². The highest BCUT2D eigenvalue weighted by Crippen LogP contribution is 2.35. The fourth-order valence-electron chi connectivity index (χ4n) is 3.94. The zero-order chi connectivity index (χ0) is 38.5. The molecule has 4 amide bonds. The van der Waals surface area contributed by atoms with E-state index in [1.165, 1.54) is 72.9 Å². The van der Waals surface area contributed by atoms with Gasteiger partial charge in [0.05, 0.1) is 24.1 Å². The third-order valence-corrected chi connectivity index (χ3v) is 8.59. The number of amides is 4. The van der Waals surface area contributed by atoms with Crippen molar-refractivity contribution in [2.45, 2.75) is 64.2 Å². The number of carbonyl (C=O) groups excluding carboxylic acids is 3. The molecule has 3 rings (SSSR count). The standard InChI is InChI=1S/C30H35F2N7O10S2/c1-29(2,3)48-27(43)35-26(36-28(44)49-30(4,5)6)37-39(25(33)42)22-19(31)12-18(13-20(22)32)51(45,46)38(23-21(24(40)41)34-15-50-23)14-16-8-10-17(47-7)11-9-16/h8-13,15H,14H2,1-7H3,(H2,33,42)(H,40,41)(H2,35,36,37,43,44). The SMILES string of the molecule is COc1ccc(CN(c2scnc2C(=O)O)S(=O)(=O)c2cc(F)c(N(N=C(NC(=O)OC(C)(C)C)NC(=O)OC(C)(C)C)C(N)=O)c(F)c2)cc1. The van der Waals surface area contributed by atoms with Crippen LogP contribution in [0.1, 0.15) is 57.6 Å². The van der Waals surface area contributed by atoms with E-state index >= 15 is 8.78 Å². The number of nitrogens with zero attached hydrogens (tertiary/aromatic N) is 4. The van der Waals surface area contributed by atoms with Gasteiger partial charge in [-0.2, -0.15) is 5.01 Å². The maximum absolute atomic E-state index is 15.8. The molecule has 0 aliphatic carbocycles. The number of ether oxygens (including phenoxy) is 3. The lowest BCUT2D eigenvalue weighted by Gasteiger charge is -2.25. The van der Waals surface area contributed by atoms with Crippen molar-refractivity contribution in [3.05, 3.63) is 64.8 Å². The minimum Gasteiger partial charge on any atom is -0.497 e. The van der Waals surface area contributed by atoms with E-state index in [0.29, 0.717) is 39.1 Å². The Morgan fingerprint density at radius 2 is 1.47 bits per heavy atom. The maximum Gasteiger partial charge on any atom is 0.414 e. The number of benzene rings is 2. The first-order valence-electron chi connectivity index (χ1n) is 14.5. The van der Waals surface area contributed by atoms with E-state index in [2.05, 4.69) is 10.1 Å². The lowest BCUT2D eigenvalue weighted by Crippen LogP contribution is -2.49. The summed E-state index contributed by atoms with van der Waals surface area (Å²) in [6.07, 6.45) is -2.44. The predicted octanol–water partition coefficient (Wildman–Crippen LogP) is 4.73. The van der Waals surface area contributed by atoms with Gasteiger partial charge < -0.3 is 25.1 Å². The van der Waals surface area contributed by atoms with Crippen molar-refractivity contribution in [3.63, 3.8) is 0 Å². The molecule has 0 fully saturated rings. The van der Waals surface area contributed by atoms with Gasteiger partial charge >= 0.3 is 24.2 Å². The molecule has 2 aromatic carbocycles. The quantitative estimate of drug-likeness (QED) is 0.132. The summed E-state index contributed by atoms with van der Waals surface area (Å²) in [6, 6.07) is 5.04. The van der Waals surface area contributed by atoms with Crippen molar-refractivity contribution in [1.82, 2.24) is 15.6 Å². The lowest BCUT2D eigenvalue weighted by molar-refractivity contribution is 0.0543. The number of urea groups is 1. The van der Waals surface area contributed by atoms with E-state index in [1.807, 2.05) is 10.6 Å². The van der Waals surface area contributed by atoms with Gasteiger partial charge in [-0.1, -0.05) is 12.1 Å². The number of nitrogens with two attached hydrogens (primary N) is 1. The van der Waals surface area contributed by atoms with E-state index in [-0.39, 0.29) is 10.0 Å². The molecular weight excluding hydrogens is 720 g/mol. The molecule has 3 aromatic rings. The van der Waals surface area contributed by atoms with Gasteiger partial charge in [0.15, 0.2) is 17.3 Å². The number of hydrazone groups is 1. The lowest BCUT2D eigenvalue weighted by atomic mass is 10.2. The van der Waals surface area contributed by atoms with Gasteiger partial charge in [-0.25, -0.2) is 41.4 Å². The summed E-state index contributed by atoms with van der Waals surface area (Å²) < 4.78 is 75.5. The number of nitrogens with one attached hydrogen (secondary N) is 2. The van der Waals surface area contributed by atoms with Crippen LogP contribution in [0.15, 0.2) is 51.9 Å². The Bertz CT molecular complexity index is 1890. The molecule has 0 unspecified atom stereocenters. The molecule has 0 radical (unpaired) electrons. The molecule has 0 saturated heterocycles. The number of hydrogen-bond donors (Lipinski definition) is 4. The largest absolute Gasteiger partial charge is 0.497 e. The summed E-state index contributed by atoms with van der Waals surface area (Å²) in [7, 11) is -3.57. The third-order valence-electron chi connectivity index (χ3n) is 5.90. The van der Waals surface area contributed by atoms with Gasteiger partial charge in [-0.3, -0.25) is 14.9 Å². The van der Waals surface area contributed by atoms with E-state index in [0.717, 1.165) is 5.51 Å². The average Bonchev–Trinajstić information content (AvgIpc) is 3.47. The molecular formula is C30H35F2N7O10S2. The van der Waals surface area contributed by atoms with Gasteiger partial charge in [0.25, 0.3) is 10.0 Å². The highest BCUT2D eigenvalue weighted by atomic mass is 32.2. The first-order valence-corrected chi connectivity index (χ1v) is 16.8. The second-order valence-electron chi connectivity index (χ2n) is 12.3. The molecule has 0 bridgehead atoms. The molecule has 21 heteroatoms. The number of aromatic nitrogens is 1. The van der Waals surface area contributed by atoms with Gasteiger partial charge in [-0.15, -0.1) is 16.4 Å². The van der Waals surface area contributed by atoms with E-state index in [4.69, 9.17) is 19.9 Å². The average molecular weight is 756 g/mol. The maximum atomic E-state index is 15.8. The number of sulfonamides is 1. The number of rotatable bonds is 9. The minimum absolute atomic E-state index is 0.0913. The van der Waals surface area contributed by atoms with E-state index in [1.54, 1.807) is 0 Å². The number of hydrogen-bond acceptors (Lipinski definition) is 12. The smallest absolute Gasteiger partial charge is 0.414 e. The molecule has 0 spiro atoms. The first-order chi connectivity index (χ1) is 23.5. The van der Waals surface area contributed by atoms with Crippen LogP contribution in [0.25, 0.3) is 0 Å². The second kappa shape index (κ2) is 15.5. The van der Waals surface area contributed by atoms with Gasteiger partial charge in [0, 0.05) is 0 Å². The summed E-state index contributed by atoms with van der Waals surface area (Å²) in [5.74, 6) is -5.46. The fraction of sp³-hybridized carbons (Fsp3) is 0.333. The first kappa shape index (κ1) is 39.9. The number of aromatic carboxylic acids is 1. The second-order valence-corrected chi connectivity index (χ2v) is 15.0. The molecule has 1 aromatic heterocycles. The highest BCUT2D eigenvalue weighted by molar-refractivity contribution is 7.93. The predicted molar refractivity (Wildman–Crippen MR) is 180 cm³/mol. The van der Waals surface area contributed by atoms with Crippen LogP contribution in [-0.2, 0) is 26.0 Å². The number of anilines is 2. The van der Waals surface area contributed by atoms with Crippen LogP contribution >= 0.6 is 11.3 Å². The van der Waals surface area contributed by atoms with Crippen LogP contribution in [0, 0.1) is 11.6 Å². The number of carboxylic acids is 1. The molecule has 51 heavy (non-hydrogen) atoms. The number of halogens is 2. The topological polar surface area (TPSA) is 232 Å². The Morgan fingerprint density at radius 1 is 0.961 bits per heavy atom. The number of guanidine groups is 1. The fourth-order valence-corrected chi connectivity index (χ4v) is 6.44.